The fraction of sp³-hybridized carbons (Fsp3) is 0.250. The highest BCUT2D eigenvalue weighted by Gasteiger charge is 2.26. The number of halogens is 1. The van der Waals surface area contributed by atoms with Gasteiger partial charge in [-0.25, -0.2) is 4.98 Å². The van der Waals surface area contributed by atoms with Crippen LogP contribution >= 0.6 is 11.6 Å². The Hall–Kier alpha value is -3.25. The van der Waals surface area contributed by atoms with Crippen molar-refractivity contribution in [2.45, 2.75) is 18.9 Å². The van der Waals surface area contributed by atoms with Gasteiger partial charge in [0.1, 0.15) is 23.4 Å². The van der Waals surface area contributed by atoms with Crippen molar-refractivity contribution in [1.82, 2.24) is 9.97 Å². The molecular weight excluding hydrogens is 524 g/mol. The highest BCUT2D eigenvalue weighted by Crippen LogP contribution is 2.38. The predicted octanol–water partition coefficient (Wildman–Crippen LogP) is 6.06. The van der Waals surface area contributed by atoms with Crippen LogP contribution in [0.15, 0.2) is 60.8 Å². The van der Waals surface area contributed by atoms with Gasteiger partial charge in [0, 0.05) is 36.7 Å². The van der Waals surface area contributed by atoms with Crippen LogP contribution < -0.4 is 14.4 Å². The first-order chi connectivity index (χ1) is 18.1. The van der Waals surface area contributed by atoms with Crippen molar-refractivity contribution in [2.24, 2.45) is 0 Å². The number of hydrogen-bond donors (Lipinski definition) is 0. The summed E-state index contributed by atoms with van der Waals surface area (Å²) in [7, 11) is 0.107. The Morgan fingerprint density at radius 1 is 0.973 bits per heavy atom. The summed E-state index contributed by atoms with van der Waals surface area (Å²) >= 11 is 11.8. The molecule has 186 valence electrons. The van der Waals surface area contributed by atoms with Crippen LogP contribution in [-0.4, -0.2) is 40.7 Å². The van der Waals surface area contributed by atoms with E-state index in [0.29, 0.717) is 27.8 Å². The maximum atomic E-state index is 9.54. The van der Waals surface area contributed by atoms with Gasteiger partial charge in [0.15, 0.2) is 5.75 Å². The Morgan fingerprint density at radius 2 is 1.73 bits per heavy atom. The fourth-order valence-electron chi connectivity index (χ4n) is 4.23. The lowest BCUT2D eigenvalue weighted by Crippen LogP contribution is -2.37. The lowest BCUT2D eigenvalue weighted by Gasteiger charge is -2.28. The van der Waals surface area contributed by atoms with Crippen molar-refractivity contribution in [3.05, 3.63) is 71.4 Å². The Balaban J connectivity index is 1.18. The van der Waals surface area contributed by atoms with Crippen molar-refractivity contribution >= 4 is 49.1 Å². The Labute approximate surface area is 227 Å². The Kier molecular flexibility index (Phi) is 6.68. The van der Waals surface area contributed by atoms with Crippen LogP contribution in [0.1, 0.15) is 18.4 Å². The van der Waals surface area contributed by atoms with Gasteiger partial charge in [0.25, 0.3) is 0 Å². The zero-order chi connectivity index (χ0) is 25.4. The van der Waals surface area contributed by atoms with Crippen molar-refractivity contribution in [2.75, 3.05) is 29.5 Å². The lowest BCUT2D eigenvalue weighted by molar-refractivity contribution is 0.302. The molecule has 0 N–H and O–H groups in total. The van der Waals surface area contributed by atoms with Crippen LogP contribution in [0.3, 0.4) is 0 Å². The summed E-state index contributed by atoms with van der Waals surface area (Å²) < 4.78 is 11.8. The third kappa shape index (κ3) is 5.40. The average Bonchev–Trinajstić information content (AvgIpc) is 3.75. The topological polar surface area (TPSA) is 71.3 Å². The molecule has 1 aliphatic heterocycles. The van der Waals surface area contributed by atoms with Gasteiger partial charge in [-0.15, -0.1) is 9.45 Å². The molecule has 6 rings (SSSR count). The van der Waals surface area contributed by atoms with Gasteiger partial charge >= 0.3 is 0 Å². The molecule has 6 nitrogen and oxygen atoms in total. The molecule has 0 amide bonds. The van der Waals surface area contributed by atoms with E-state index in [1.807, 2.05) is 36.5 Å². The standard InChI is InChI=1S/C28H23ClN4O2S2/c29-24-15-23(13-20(16-30)28(24)35-22-6-7-22)34-21-4-1-18(2-5-21)19-3-8-25-26(14-19)31-17-27(32-25)33-9-11-37(36)12-10-33/h1-5,8,13-15,17,22H,6-7,9-12H2. The summed E-state index contributed by atoms with van der Waals surface area (Å²) in [5.41, 5.74) is 4.19. The van der Waals surface area contributed by atoms with E-state index >= 15 is 0 Å². The monoisotopic (exact) mass is 546 g/mol. The van der Waals surface area contributed by atoms with E-state index in [0.717, 1.165) is 65.4 Å². The first kappa shape index (κ1) is 24.1. The fourth-order valence-corrected chi connectivity index (χ4v) is 5.99. The summed E-state index contributed by atoms with van der Waals surface area (Å²) in [6, 6.07) is 19.4. The molecule has 0 bridgehead atoms. The largest absolute Gasteiger partial charge is 0.487 e. The van der Waals surface area contributed by atoms with Gasteiger partial charge in [-0.3, -0.25) is 4.98 Å². The van der Waals surface area contributed by atoms with Crippen molar-refractivity contribution in [1.29, 1.82) is 5.26 Å². The molecule has 0 atom stereocenters. The van der Waals surface area contributed by atoms with Gasteiger partial charge < -0.3 is 14.4 Å². The van der Waals surface area contributed by atoms with Crippen LogP contribution in [-0.2, 0) is 20.6 Å². The number of fused-ring (bicyclic) bond motifs is 1. The number of rotatable bonds is 6. The van der Waals surface area contributed by atoms with Gasteiger partial charge in [-0.05, 0) is 48.2 Å². The van der Waals surface area contributed by atoms with E-state index in [4.69, 9.17) is 37.2 Å². The van der Waals surface area contributed by atoms with Crippen molar-refractivity contribution in [3.63, 3.8) is 0 Å². The van der Waals surface area contributed by atoms with Crippen molar-refractivity contribution < 1.29 is 9.47 Å². The number of anilines is 1. The molecule has 1 saturated carbocycles. The molecule has 1 saturated heterocycles. The molecule has 2 fully saturated rings. The second-order valence-electron chi connectivity index (χ2n) is 9.10. The highest BCUT2D eigenvalue weighted by molar-refractivity contribution is 8.28. The number of nitriles is 1. The van der Waals surface area contributed by atoms with E-state index in [-0.39, 0.29) is 15.6 Å². The zero-order valence-electron chi connectivity index (χ0n) is 19.9. The predicted molar refractivity (Wildman–Crippen MR) is 152 cm³/mol. The summed E-state index contributed by atoms with van der Waals surface area (Å²) in [4.78, 5) is 11.8. The number of ether oxygens (including phenoxy) is 2. The number of nitrogens with zero attached hydrogens (tertiary/aromatic N) is 4. The normalized spacial score (nSPS) is 15.9. The zero-order valence-corrected chi connectivity index (χ0v) is 22.3. The van der Waals surface area contributed by atoms with Crippen molar-refractivity contribution in [3.8, 4) is 34.4 Å². The van der Waals surface area contributed by atoms with E-state index in [2.05, 4.69) is 28.1 Å². The minimum absolute atomic E-state index is 0.107. The molecule has 0 spiro atoms. The van der Waals surface area contributed by atoms with Crippen LogP contribution in [0, 0.1) is 11.3 Å². The van der Waals surface area contributed by atoms with Gasteiger partial charge in [0.05, 0.1) is 33.9 Å². The second-order valence-corrected chi connectivity index (χ2v) is 12.6. The smallest absolute Gasteiger partial charge is 0.156 e. The highest BCUT2D eigenvalue weighted by atomic mass is 35.5. The minimum atomic E-state index is 0.107. The third-order valence-corrected chi connectivity index (χ3v) is 8.96. The third-order valence-electron chi connectivity index (χ3n) is 6.40. The average molecular weight is 547 g/mol. The molecule has 3 aromatic carbocycles. The molecule has 1 aliphatic carbocycles. The number of benzene rings is 3. The molecule has 1 aromatic heterocycles. The molecule has 4 aromatic rings. The summed E-state index contributed by atoms with van der Waals surface area (Å²) in [5.74, 6) is 4.57. The van der Waals surface area contributed by atoms with Gasteiger partial charge in [-0.2, -0.15) is 5.26 Å². The maximum Gasteiger partial charge on any atom is 0.156 e. The Morgan fingerprint density at radius 3 is 2.46 bits per heavy atom. The molecule has 37 heavy (non-hydrogen) atoms. The van der Waals surface area contributed by atoms with E-state index in [9.17, 15) is 5.26 Å². The van der Waals surface area contributed by atoms with E-state index in [1.54, 1.807) is 12.1 Å². The maximum absolute atomic E-state index is 9.54. The SMILES string of the molecule is N#Cc1cc(Oc2ccc(-c3ccc4nc(N5CCS(=S)CC5)cnc4c3)cc2)cc(Cl)c1OC1CC1. The lowest BCUT2D eigenvalue weighted by atomic mass is 10.0. The molecule has 0 unspecified atom stereocenters. The van der Waals surface area contributed by atoms with Crippen LogP contribution in [0.2, 0.25) is 5.02 Å². The number of aromatic nitrogens is 2. The molecule has 9 heteroatoms. The van der Waals surface area contributed by atoms with E-state index in [1.165, 1.54) is 0 Å². The molecular formula is C28H23ClN4O2S2. The quantitative estimate of drug-likeness (QED) is 0.291. The summed E-state index contributed by atoms with van der Waals surface area (Å²) in [5, 5.41) is 9.91. The molecule has 0 radical (unpaired) electrons. The van der Waals surface area contributed by atoms with E-state index < -0.39 is 0 Å². The summed E-state index contributed by atoms with van der Waals surface area (Å²) in [6.07, 6.45) is 4.00. The summed E-state index contributed by atoms with van der Waals surface area (Å²) in [6.45, 7) is 1.89. The van der Waals surface area contributed by atoms with Gasteiger partial charge in [-0.1, -0.05) is 41.0 Å². The molecule has 2 aliphatic rings. The second kappa shape index (κ2) is 10.3. The Bertz CT molecular complexity index is 1540. The van der Waals surface area contributed by atoms with Crippen LogP contribution in [0.5, 0.6) is 17.2 Å². The number of hydrogen-bond acceptors (Lipinski definition) is 7. The molecule has 2 heterocycles. The first-order valence-corrected chi connectivity index (χ1v) is 15.0. The minimum Gasteiger partial charge on any atom is -0.487 e. The van der Waals surface area contributed by atoms with Crippen LogP contribution in [0.4, 0.5) is 5.82 Å². The van der Waals surface area contributed by atoms with Crippen LogP contribution in [0.25, 0.3) is 22.2 Å². The van der Waals surface area contributed by atoms with Gasteiger partial charge in [0.2, 0.25) is 0 Å². The first-order valence-electron chi connectivity index (χ1n) is 12.1.